The SMILES string of the molecule is Cc1nn(C)c(C)c1CCN=C(NC(=O)c1ccc(F)cc1)Nc1ccccc1F. The summed E-state index contributed by atoms with van der Waals surface area (Å²) in [6.07, 6.45) is 0.611. The Balaban J connectivity index is 1.79. The lowest BCUT2D eigenvalue weighted by Gasteiger charge is -2.12. The standard InChI is InChI=1S/C22H23F2N5O/c1-14-18(15(2)29(3)28-14)12-13-25-22(26-20-7-5-4-6-19(20)24)27-21(30)16-8-10-17(23)11-9-16/h4-11H,12-13H2,1-3H3,(H2,25,26,27,30). The molecule has 2 N–H and O–H groups in total. The lowest BCUT2D eigenvalue weighted by atomic mass is 10.1. The van der Waals surface area contributed by atoms with Gasteiger partial charge in [-0.05, 0) is 62.2 Å². The summed E-state index contributed by atoms with van der Waals surface area (Å²) in [5.41, 5.74) is 3.49. The summed E-state index contributed by atoms with van der Waals surface area (Å²) in [4.78, 5) is 17.0. The third-order valence-corrected chi connectivity index (χ3v) is 4.76. The fraction of sp³-hybridized carbons (Fsp3) is 0.227. The average Bonchev–Trinajstić information content (AvgIpc) is 2.96. The summed E-state index contributed by atoms with van der Waals surface area (Å²) in [6.45, 7) is 4.27. The Bertz CT molecular complexity index is 1070. The highest BCUT2D eigenvalue weighted by Gasteiger charge is 2.12. The highest BCUT2D eigenvalue weighted by molar-refractivity contribution is 6.09. The predicted molar refractivity (Wildman–Crippen MR) is 113 cm³/mol. The third-order valence-electron chi connectivity index (χ3n) is 4.76. The van der Waals surface area contributed by atoms with Crippen LogP contribution in [0.5, 0.6) is 0 Å². The van der Waals surface area contributed by atoms with Crippen LogP contribution in [-0.4, -0.2) is 28.2 Å². The minimum absolute atomic E-state index is 0.105. The normalized spacial score (nSPS) is 11.4. The summed E-state index contributed by atoms with van der Waals surface area (Å²) in [7, 11) is 1.88. The molecule has 0 aliphatic heterocycles. The van der Waals surface area contributed by atoms with Gasteiger partial charge < -0.3 is 5.32 Å². The van der Waals surface area contributed by atoms with E-state index in [1.54, 1.807) is 18.2 Å². The molecule has 3 rings (SSSR count). The number of nitrogens with one attached hydrogen (secondary N) is 2. The molecule has 6 nitrogen and oxygen atoms in total. The Morgan fingerprint density at radius 1 is 1.10 bits per heavy atom. The topological polar surface area (TPSA) is 71.3 Å². The number of aliphatic imine (C=N–C) groups is 1. The lowest BCUT2D eigenvalue weighted by Crippen LogP contribution is -2.36. The van der Waals surface area contributed by atoms with Crippen molar-refractivity contribution in [2.24, 2.45) is 12.0 Å². The zero-order valence-corrected chi connectivity index (χ0v) is 17.0. The number of rotatable bonds is 5. The number of carbonyl (C=O) groups is 1. The van der Waals surface area contributed by atoms with Gasteiger partial charge in [-0.15, -0.1) is 0 Å². The van der Waals surface area contributed by atoms with E-state index in [4.69, 9.17) is 0 Å². The first-order valence-electron chi connectivity index (χ1n) is 9.47. The zero-order chi connectivity index (χ0) is 21.7. The van der Waals surface area contributed by atoms with Gasteiger partial charge in [0.1, 0.15) is 11.6 Å². The summed E-state index contributed by atoms with van der Waals surface area (Å²) in [5.74, 6) is -1.28. The van der Waals surface area contributed by atoms with E-state index < -0.39 is 17.5 Å². The van der Waals surface area contributed by atoms with Gasteiger partial charge >= 0.3 is 0 Å². The van der Waals surface area contributed by atoms with E-state index in [1.807, 2.05) is 25.6 Å². The van der Waals surface area contributed by atoms with Gasteiger partial charge in [0.2, 0.25) is 5.96 Å². The van der Waals surface area contributed by atoms with Crippen LogP contribution in [0.25, 0.3) is 0 Å². The Hall–Kier alpha value is -3.55. The van der Waals surface area contributed by atoms with Crippen LogP contribution in [0.2, 0.25) is 0 Å². The number of halogens is 2. The molecule has 156 valence electrons. The largest absolute Gasteiger partial charge is 0.323 e. The van der Waals surface area contributed by atoms with E-state index in [2.05, 4.69) is 20.7 Å². The van der Waals surface area contributed by atoms with Crippen LogP contribution in [0.1, 0.15) is 27.3 Å². The maximum absolute atomic E-state index is 14.1. The number of carbonyl (C=O) groups excluding carboxylic acids is 1. The van der Waals surface area contributed by atoms with Crippen LogP contribution >= 0.6 is 0 Å². The van der Waals surface area contributed by atoms with Crippen LogP contribution in [0.4, 0.5) is 14.5 Å². The molecule has 0 saturated heterocycles. The van der Waals surface area contributed by atoms with Crippen molar-refractivity contribution in [3.05, 3.63) is 82.7 Å². The quantitative estimate of drug-likeness (QED) is 0.496. The van der Waals surface area contributed by atoms with Gasteiger partial charge in [0.25, 0.3) is 5.91 Å². The number of hydrogen-bond donors (Lipinski definition) is 2. The van der Waals surface area contributed by atoms with Crippen LogP contribution in [0.15, 0.2) is 53.5 Å². The smallest absolute Gasteiger partial charge is 0.257 e. The molecule has 0 unspecified atom stereocenters. The fourth-order valence-corrected chi connectivity index (χ4v) is 3.04. The van der Waals surface area contributed by atoms with E-state index in [0.29, 0.717) is 13.0 Å². The first kappa shape index (κ1) is 21.2. The number of aryl methyl sites for hydroxylation is 2. The molecule has 0 fully saturated rings. The molecule has 0 spiro atoms. The molecule has 8 heteroatoms. The molecule has 0 aliphatic carbocycles. The summed E-state index contributed by atoms with van der Waals surface area (Å²) in [6, 6.07) is 11.2. The second-order valence-corrected chi connectivity index (χ2v) is 6.82. The van der Waals surface area contributed by atoms with Gasteiger partial charge in [0, 0.05) is 24.8 Å². The Labute approximate surface area is 173 Å². The van der Waals surface area contributed by atoms with E-state index in [0.717, 1.165) is 17.0 Å². The molecule has 1 amide bonds. The first-order chi connectivity index (χ1) is 14.3. The van der Waals surface area contributed by atoms with Crippen molar-refractivity contribution in [2.45, 2.75) is 20.3 Å². The predicted octanol–water partition coefficient (Wildman–Crippen LogP) is 3.76. The second kappa shape index (κ2) is 9.30. The Kier molecular flexibility index (Phi) is 6.56. The minimum atomic E-state index is -0.480. The van der Waals surface area contributed by atoms with E-state index in [1.165, 1.54) is 30.3 Å². The molecule has 2 aromatic carbocycles. The number of anilines is 1. The number of nitrogens with zero attached hydrogens (tertiary/aromatic N) is 3. The van der Waals surface area contributed by atoms with Crippen molar-refractivity contribution in [3.8, 4) is 0 Å². The summed E-state index contributed by atoms with van der Waals surface area (Å²) in [5, 5.41) is 9.85. The number of para-hydroxylation sites is 1. The lowest BCUT2D eigenvalue weighted by molar-refractivity contribution is 0.0977. The monoisotopic (exact) mass is 411 g/mol. The van der Waals surface area contributed by atoms with Gasteiger partial charge in [-0.25, -0.2) is 8.78 Å². The maximum atomic E-state index is 14.1. The molecule has 3 aromatic rings. The number of benzene rings is 2. The highest BCUT2D eigenvalue weighted by Crippen LogP contribution is 2.14. The van der Waals surface area contributed by atoms with Gasteiger partial charge in [0.15, 0.2) is 0 Å². The fourth-order valence-electron chi connectivity index (χ4n) is 3.04. The van der Waals surface area contributed by atoms with Crippen molar-refractivity contribution in [2.75, 3.05) is 11.9 Å². The van der Waals surface area contributed by atoms with Gasteiger partial charge in [-0.2, -0.15) is 5.10 Å². The first-order valence-corrected chi connectivity index (χ1v) is 9.47. The van der Waals surface area contributed by atoms with E-state index >= 15 is 0 Å². The van der Waals surface area contributed by atoms with Crippen LogP contribution in [0, 0.1) is 25.5 Å². The van der Waals surface area contributed by atoms with Crippen molar-refractivity contribution in [3.63, 3.8) is 0 Å². The molecular formula is C22H23F2N5O. The molecule has 0 bridgehead atoms. The van der Waals surface area contributed by atoms with Crippen molar-refractivity contribution < 1.29 is 13.6 Å². The molecule has 1 aromatic heterocycles. The molecule has 0 atom stereocenters. The highest BCUT2D eigenvalue weighted by atomic mass is 19.1. The molecule has 0 saturated carbocycles. The van der Waals surface area contributed by atoms with Gasteiger partial charge in [-0.1, -0.05) is 12.1 Å². The molecule has 1 heterocycles. The number of hydrogen-bond acceptors (Lipinski definition) is 3. The van der Waals surface area contributed by atoms with Crippen LogP contribution in [0.3, 0.4) is 0 Å². The Morgan fingerprint density at radius 2 is 1.80 bits per heavy atom. The van der Waals surface area contributed by atoms with Crippen LogP contribution in [-0.2, 0) is 13.5 Å². The number of amides is 1. The Morgan fingerprint density at radius 3 is 2.43 bits per heavy atom. The zero-order valence-electron chi connectivity index (χ0n) is 17.0. The molecule has 0 radical (unpaired) electrons. The van der Waals surface area contributed by atoms with Gasteiger partial charge in [-0.3, -0.25) is 19.8 Å². The molecule has 0 aliphatic rings. The van der Waals surface area contributed by atoms with Gasteiger partial charge in [0.05, 0.1) is 11.4 Å². The van der Waals surface area contributed by atoms with Crippen molar-refractivity contribution in [1.82, 2.24) is 15.1 Å². The summed E-state index contributed by atoms with van der Waals surface area (Å²) < 4.78 is 29.0. The van der Waals surface area contributed by atoms with Crippen molar-refractivity contribution >= 4 is 17.6 Å². The number of guanidine groups is 1. The summed E-state index contributed by atoms with van der Waals surface area (Å²) >= 11 is 0. The second-order valence-electron chi connectivity index (χ2n) is 6.82. The van der Waals surface area contributed by atoms with E-state index in [-0.39, 0.29) is 17.2 Å². The molecule has 30 heavy (non-hydrogen) atoms. The average molecular weight is 411 g/mol. The van der Waals surface area contributed by atoms with Crippen LogP contribution < -0.4 is 10.6 Å². The number of aromatic nitrogens is 2. The third kappa shape index (κ3) is 5.08. The van der Waals surface area contributed by atoms with E-state index in [9.17, 15) is 13.6 Å². The minimum Gasteiger partial charge on any atom is -0.323 e. The maximum Gasteiger partial charge on any atom is 0.257 e. The van der Waals surface area contributed by atoms with Crippen molar-refractivity contribution in [1.29, 1.82) is 0 Å². The molecular weight excluding hydrogens is 388 g/mol.